The Bertz CT molecular complexity index is 820. The number of nitrogen functional groups attached to an aromatic ring is 1. The molecule has 0 aliphatic heterocycles. The normalized spacial score (nSPS) is 10.8. The third-order valence-corrected chi connectivity index (χ3v) is 4.31. The van der Waals surface area contributed by atoms with Crippen molar-refractivity contribution in [1.29, 1.82) is 0 Å². The van der Waals surface area contributed by atoms with E-state index in [1.807, 2.05) is 30.3 Å². The molecule has 7 heteroatoms. The number of hydrogen-bond acceptors (Lipinski definition) is 4. The van der Waals surface area contributed by atoms with Crippen molar-refractivity contribution in [2.45, 2.75) is 0 Å². The van der Waals surface area contributed by atoms with Crippen LogP contribution in [0, 0.1) is 0 Å². The van der Waals surface area contributed by atoms with E-state index in [-0.39, 0.29) is 0 Å². The van der Waals surface area contributed by atoms with Crippen LogP contribution in [0.3, 0.4) is 0 Å². The Hall–Kier alpha value is -1.37. The van der Waals surface area contributed by atoms with Gasteiger partial charge in [-0.05, 0) is 40.2 Å². The number of anilines is 1. The first-order chi connectivity index (χ1) is 10.1. The van der Waals surface area contributed by atoms with Crippen molar-refractivity contribution < 1.29 is 4.52 Å². The molecule has 3 rings (SSSR count). The van der Waals surface area contributed by atoms with Gasteiger partial charge >= 0.3 is 0 Å². The lowest BCUT2D eigenvalue weighted by molar-refractivity contribution is 0.432. The van der Waals surface area contributed by atoms with Crippen molar-refractivity contribution in [3.05, 3.63) is 50.4 Å². The van der Waals surface area contributed by atoms with Gasteiger partial charge in [-0.15, -0.1) is 0 Å². The molecule has 0 atom stereocenters. The van der Waals surface area contributed by atoms with E-state index < -0.39 is 0 Å². The molecule has 0 fully saturated rings. The fraction of sp³-hybridized carbons (Fsp3) is 0. The maximum absolute atomic E-state index is 6.13. The summed E-state index contributed by atoms with van der Waals surface area (Å²) >= 11 is 12.9. The van der Waals surface area contributed by atoms with Crippen LogP contribution in [0.25, 0.3) is 22.8 Å². The van der Waals surface area contributed by atoms with E-state index in [1.54, 1.807) is 6.07 Å². The van der Waals surface area contributed by atoms with Crippen LogP contribution in [0.2, 0.25) is 5.02 Å². The lowest BCUT2D eigenvalue weighted by Gasteiger charge is -2.04. The van der Waals surface area contributed by atoms with E-state index in [4.69, 9.17) is 21.9 Å². The van der Waals surface area contributed by atoms with Crippen molar-refractivity contribution in [3.63, 3.8) is 0 Å². The Kier molecular flexibility index (Phi) is 4.01. The van der Waals surface area contributed by atoms with Crippen molar-refractivity contribution in [2.24, 2.45) is 0 Å². The first-order valence-corrected chi connectivity index (χ1v) is 7.86. The van der Waals surface area contributed by atoms with E-state index in [9.17, 15) is 0 Å². The third kappa shape index (κ3) is 2.84. The third-order valence-electron chi connectivity index (χ3n) is 2.87. The van der Waals surface area contributed by atoms with Crippen molar-refractivity contribution in [2.75, 3.05) is 5.73 Å². The number of benzene rings is 2. The van der Waals surface area contributed by atoms with Crippen LogP contribution in [0.15, 0.2) is 49.9 Å². The van der Waals surface area contributed by atoms with Crippen LogP contribution in [0.5, 0.6) is 0 Å². The Labute approximate surface area is 142 Å². The molecular weight excluding hydrogens is 421 g/mol. The number of halogens is 3. The average molecular weight is 429 g/mol. The molecule has 0 bridgehead atoms. The number of rotatable bonds is 2. The van der Waals surface area contributed by atoms with Crippen LogP contribution in [-0.4, -0.2) is 10.1 Å². The minimum absolute atomic E-state index is 0.337. The maximum Gasteiger partial charge on any atom is 0.260 e. The van der Waals surface area contributed by atoms with Crippen molar-refractivity contribution >= 4 is 49.1 Å². The van der Waals surface area contributed by atoms with Crippen LogP contribution < -0.4 is 5.73 Å². The van der Waals surface area contributed by atoms with Gasteiger partial charge < -0.3 is 10.3 Å². The summed E-state index contributed by atoms with van der Waals surface area (Å²) in [7, 11) is 0. The number of nitrogens with two attached hydrogens (primary N) is 1. The second kappa shape index (κ2) is 5.79. The number of hydrogen-bond donors (Lipinski definition) is 1. The molecule has 3 aromatic rings. The lowest BCUT2D eigenvalue weighted by Crippen LogP contribution is -1.92. The summed E-state index contributed by atoms with van der Waals surface area (Å²) < 4.78 is 6.92. The summed E-state index contributed by atoms with van der Waals surface area (Å²) in [4.78, 5) is 4.37. The average Bonchev–Trinajstić information content (AvgIpc) is 2.92. The zero-order chi connectivity index (χ0) is 15.0. The Balaban J connectivity index is 2.09. The van der Waals surface area contributed by atoms with Crippen LogP contribution in [0.4, 0.5) is 5.69 Å². The Morgan fingerprint density at radius 3 is 2.62 bits per heavy atom. The smallest absolute Gasteiger partial charge is 0.260 e. The summed E-state index contributed by atoms with van der Waals surface area (Å²) in [6.07, 6.45) is 0. The highest BCUT2D eigenvalue weighted by Crippen LogP contribution is 2.35. The monoisotopic (exact) mass is 427 g/mol. The van der Waals surface area contributed by atoms with Gasteiger partial charge in [0.25, 0.3) is 5.89 Å². The topological polar surface area (TPSA) is 64.9 Å². The standard InChI is InChI=1S/C14H8Br2ClN3O/c15-7-5-9(12(18)10(16)6-7)14-19-13(20-21-14)8-3-1-2-4-11(8)17/h1-6H,18H2. The van der Waals surface area contributed by atoms with Gasteiger partial charge in [-0.1, -0.05) is 44.8 Å². The molecule has 2 aromatic carbocycles. The molecule has 0 saturated heterocycles. The summed E-state index contributed by atoms with van der Waals surface area (Å²) in [6.45, 7) is 0. The van der Waals surface area contributed by atoms with Crippen LogP contribution in [0.1, 0.15) is 0 Å². The molecule has 0 aliphatic carbocycles. The van der Waals surface area contributed by atoms with Gasteiger partial charge in [-0.3, -0.25) is 0 Å². The lowest BCUT2D eigenvalue weighted by atomic mass is 10.2. The molecule has 1 aromatic heterocycles. The highest BCUT2D eigenvalue weighted by molar-refractivity contribution is 9.11. The van der Waals surface area contributed by atoms with E-state index in [0.29, 0.717) is 33.6 Å². The Morgan fingerprint density at radius 2 is 1.86 bits per heavy atom. The highest BCUT2D eigenvalue weighted by Gasteiger charge is 2.16. The molecule has 4 nitrogen and oxygen atoms in total. The maximum atomic E-state index is 6.13. The minimum atomic E-state index is 0.337. The summed E-state index contributed by atoms with van der Waals surface area (Å²) in [6, 6.07) is 11.0. The van der Waals surface area contributed by atoms with Gasteiger partial charge in [0.2, 0.25) is 5.82 Å². The Morgan fingerprint density at radius 1 is 1.10 bits per heavy atom. The molecule has 0 saturated carbocycles. The molecule has 0 radical (unpaired) electrons. The molecular formula is C14H8Br2ClN3O. The van der Waals surface area contributed by atoms with Gasteiger partial charge in [0, 0.05) is 14.5 Å². The molecule has 0 spiro atoms. The number of nitrogens with zero attached hydrogens (tertiary/aromatic N) is 2. The fourth-order valence-electron chi connectivity index (χ4n) is 1.85. The van der Waals surface area contributed by atoms with Crippen LogP contribution >= 0.6 is 43.5 Å². The quantitative estimate of drug-likeness (QED) is 0.571. The fourth-order valence-corrected chi connectivity index (χ4v) is 3.29. The first-order valence-electron chi connectivity index (χ1n) is 5.90. The second-order valence-electron chi connectivity index (χ2n) is 4.25. The molecule has 106 valence electrons. The zero-order valence-corrected chi connectivity index (χ0v) is 14.4. The first kappa shape index (κ1) is 14.6. The SMILES string of the molecule is Nc1c(Br)cc(Br)cc1-c1nc(-c2ccccc2Cl)no1. The molecule has 0 unspecified atom stereocenters. The predicted molar refractivity (Wildman–Crippen MR) is 90.0 cm³/mol. The van der Waals surface area contributed by atoms with Gasteiger partial charge in [-0.25, -0.2) is 0 Å². The van der Waals surface area contributed by atoms with Crippen LogP contribution in [-0.2, 0) is 0 Å². The molecule has 1 heterocycles. The van der Waals surface area contributed by atoms with E-state index in [0.717, 1.165) is 8.95 Å². The predicted octanol–water partition coefficient (Wildman–Crippen LogP) is 5.16. The summed E-state index contributed by atoms with van der Waals surface area (Å²) in [5.41, 5.74) is 7.94. The van der Waals surface area contributed by atoms with Crippen molar-refractivity contribution in [3.8, 4) is 22.8 Å². The minimum Gasteiger partial charge on any atom is -0.397 e. The molecule has 0 aliphatic rings. The number of aromatic nitrogens is 2. The largest absolute Gasteiger partial charge is 0.397 e. The van der Waals surface area contributed by atoms with E-state index in [2.05, 4.69) is 42.0 Å². The second-order valence-corrected chi connectivity index (χ2v) is 6.43. The van der Waals surface area contributed by atoms with Gasteiger partial charge in [0.05, 0.1) is 16.3 Å². The van der Waals surface area contributed by atoms with Gasteiger partial charge in [-0.2, -0.15) is 4.98 Å². The summed E-state index contributed by atoms with van der Waals surface area (Å²) in [5, 5.41) is 4.53. The zero-order valence-electron chi connectivity index (χ0n) is 10.5. The van der Waals surface area contributed by atoms with Crippen molar-refractivity contribution in [1.82, 2.24) is 10.1 Å². The molecule has 2 N–H and O–H groups in total. The molecule has 0 amide bonds. The van der Waals surface area contributed by atoms with E-state index >= 15 is 0 Å². The van der Waals surface area contributed by atoms with Gasteiger partial charge in [0.15, 0.2) is 0 Å². The van der Waals surface area contributed by atoms with E-state index in [1.165, 1.54) is 0 Å². The summed E-state index contributed by atoms with van der Waals surface area (Å²) in [5.74, 6) is 0.760. The highest BCUT2D eigenvalue weighted by atomic mass is 79.9. The van der Waals surface area contributed by atoms with Gasteiger partial charge in [0.1, 0.15) is 0 Å². The molecule has 21 heavy (non-hydrogen) atoms.